The minimum absolute atomic E-state index is 0.0441. The maximum atomic E-state index is 9.36. The minimum Gasteiger partial charge on any atom is -0.492 e. The average Bonchev–Trinajstić information content (AvgIpc) is 2.28. The molecule has 0 amide bonds. The van der Waals surface area contributed by atoms with Gasteiger partial charge in [-0.3, -0.25) is 0 Å². The van der Waals surface area contributed by atoms with Gasteiger partial charge in [0.15, 0.2) is 0 Å². The standard InChI is InChI=1S/C13H20ClNO2/c1-4-17-13-6-5-10(7-11(13)14)12(8-16)15-9(2)3/h5-7,9,12,15-16H,4,8H2,1-3H3. The van der Waals surface area contributed by atoms with E-state index in [-0.39, 0.29) is 12.6 Å². The highest BCUT2D eigenvalue weighted by atomic mass is 35.5. The zero-order valence-electron chi connectivity index (χ0n) is 10.5. The van der Waals surface area contributed by atoms with Crippen molar-refractivity contribution < 1.29 is 9.84 Å². The van der Waals surface area contributed by atoms with Crippen LogP contribution in [0.1, 0.15) is 32.4 Å². The summed E-state index contributed by atoms with van der Waals surface area (Å²) >= 11 is 6.11. The lowest BCUT2D eigenvalue weighted by molar-refractivity contribution is 0.237. The number of halogens is 1. The van der Waals surface area contributed by atoms with E-state index < -0.39 is 0 Å². The van der Waals surface area contributed by atoms with Crippen LogP contribution < -0.4 is 10.1 Å². The van der Waals surface area contributed by atoms with Crippen LogP contribution in [0.25, 0.3) is 0 Å². The fraction of sp³-hybridized carbons (Fsp3) is 0.538. The second-order valence-electron chi connectivity index (χ2n) is 4.18. The van der Waals surface area contributed by atoms with E-state index in [9.17, 15) is 5.11 Å². The molecule has 0 aliphatic carbocycles. The highest BCUT2D eigenvalue weighted by Gasteiger charge is 2.13. The van der Waals surface area contributed by atoms with Crippen LogP contribution >= 0.6 is 11.6 Å². The Morgan fingerprint density at radius 2 is 2.12 bits per heavy atom. The molecule has 1 unspecified atom stereocenters. The second kappa shape index (κ2) is 6.84. The Kier molecular flexibility index (Phi) is 5.75. The monoisotopic (exact) mass is 257 g/mol. The number of rotatable bonds is 6. The molecule has 0 spiro atoms. The first kappa shape index (κ1) is 14.3. The first-order valence-corrected chi connectivity index (χ1v) is 6.25. The Bertz CT molecular complexity index is 355. The summed E-state index contributed by atoms with van der Waals surface area (Å²) in [6.07, 6.45) is 0. The van der Waals surface area contributed by atoms with Crippen molar-refractivity contribution in [1.82, 2.24) is 5.32 Å². The topological polar surface area (TPSA) is 41.5 Å². The first-order chi connectivity index (χ1) is 8.08. The van der Waals surface area contributed by atoms with Crippen LogP contribution in [-0.4, -0.2) is 24.4 Å². The zero-order chi connectivity index (χ0) is 12.8. The third-order valence-corrected chi connectivity index (χ3v) is 2.67. The van der Waals surface area contributed by atoms with Gasteiger partial charge in [0.25, 0.3) is 0 Å². The number of ether oxygens (including phenoxy) is 1. The van der Waals surface area contributed by atoms with Crippen LogP contribution in [0.5, 0.6) is 5.75 Å². The van der Waals surface area contributed by atoms with E-state index in [0.29, 0.717) is 23.4 Å². The summed E-state index contributed by atoms with van der Waals surface area (Å²) < 4.78 is 5.37. The molecular weight excluding hydrogens is 238 g/mol. The van der Waals surface area contributed by atoms with Gasteiger partial charge in [-0.25, -0.2) is 0 Å². The SMILES string of the molecule is CCOc1ccc(C(CO)NC(C)C)cc1Cl. The molecular formula is C13H20ClNO2. The van der Waals surface area contributed by atoms with E-state index in [0.717, 1.165) is 5.56 Å². The van der Waals surface area contributed by atoms with E-state index in [1.54, 1.807) is 0 Å². The molecule has 0 fully saturated rings. The quantitative estimate of drug-likeness (QED) is 0.824. The third kappa shape index (κ3) is 4.19. The number of hydrogen-bond acceptors (Lipinski definition) is 3. The van der Waals surface area contributed by atoms with E-state index in [1.807, 2.05) is 39.0 Å². The highest BCUT2D eigenvalue weighted by molar-refractivity contribution is 6.32. The van der Waals surface area contributed by atoms with E-state index in [1.165, 1.54) is 0 Å². The van der Waals surface area contributed by atoms with Gasteiger partial charge in [-0.1, -0.05) is 31.5 Å². The van der Waals surface area contributed by atoms with Gasteiger partial charge in [-0.05, 0) is 24.6 Å². The number of hydrogen-bond donors (Lipinski definition) is 2. The Hall–Kier alpha value is -0.770. The molecule has 0 aliphatic rings. The van der Waals surface area contributed by atoms with Crippen molar-refractivity contribution >= 4 is 11.6 Å². The molecule has 0 radical (unpaired) electrons. The summed E-state index contributed by atoms with van der Waals surface area (Å²) in [6.45, 7) is 6.63. The molecule has 96 valence electrons. The molecule has 0 saturated carbocycles. The Labute approximate surface area is 108 Å². The van der Waals surface area contributed by atoms with Crippen molar-refractivity contribution in [3.63, 3.8) is 0 Å². The fourth-order valence-electron chi connectivity index (χ4n) is 1.66. The molecule has 1 aromatic rings. The molecule has 17 heavy (non-hydrogen) atoms. The van der Waals surface area contributed by atoms with Crippen LogP contribution in [0, 0.1) is 0 Å². The molecule has 2 N–H and O–H groups in total. The second-order valence-corrected chi connectivity index (χ2v) is 4.59. The van der Waals surface area contributed by atoms with Gasteiger partial charge in [0, 0.05) is 6.04 Å². The summed E-state index contributed by atoms with van der Waals surface area (Å²) in [6, 6.07) is 5.81. The first-order valence-electron chi connectivity index (χ1n) is 5.87. The Morgan fingerprint density at radius 1 is 1.41 bits per heavy atom. The molecule has 1 aromatic carbocycles. The van der Waals surface area contributed by atoms with Crippen LogP contribution in [0.2, 0.25) is 5.02 Å². The van der Waals surface area contributed by atoms with E-state index in [2.05, 4.69) is 5.32 Å². The third-order valence-electron chi connectivity index (χ3n) is 2.38. The van der Waals surface area contributed by atoms with E-state index >= 15 is 0 Å². The summed E-state index contributed by atoms with van der Waals surface area (Å²) in [5, 5.41) is 13.2. The summed E-state index contributed by atoms with van der Waals surface area (Å²) in [4.78, 5) is 0. The number of nitrogens with one attached hydrogen (secondary N) is 1. The molecule has 0 bridgehead atoms. The van der Waals surface area contributed by atoms with Gasteiger partial charge in [0.2, 0.25) is 0 Å². The normalized spacial score (nSPS) is 12.8. The van der Waals surface area contributed by atoms with Crippen LogP contribution in [0.15, 0.2) is 18.2 Å². The summed E-state index contributed by atoms with van der Waals surface area (Å²) in [7, 11) is 0. The largest absolute Gasteiger partial charge is 0.492 e. The van der Waals surface area contributed by atoms with Crippen LogP contribution in [-0.2, 0) is 0 Å². The lowest BCUT2D eigenvalue weighted by Crippen LogP contribution is -2.30. The van der Waals surface area contributed by atoms with Crippen LogP contribution in [0.4, 0.5) is 0 Å². The molecule has 1 atom stereocenters. The predicted molar refractivity (Wildman–Crippen MR) is 70.7 cm³/mol. The van der Waals surface area contributed by atoms with Gasteiger partial charge in [0.05, 0.1) is 24.3 Å². The highest BCUT2D eigenvalue weighted by Crippen LogP contribution is 2.28. The van der Waals surface area contributed by atoms with Crippen molar-refractivity contribution in [1.29, 1.82) is 0 Å². The molecule has 0 aromatic heterocycles. The van der Waals surface area contributed by atoms with Gasteiger partial charge in [-0.15, -0.1) is 0 Å². The smallest absolute Gasteiger partial charge is 0.137 e. The maximum Gasteiger partial charge on any atom is 0.137 e. The molecule has 0 saturated heterocycles. The number of benzene rings is 1. The van der Waals surface area contributed by atoms with Crippen molar-refractivity contribution in [3.8, 4) is 5.75 Å². The predicted octanol–water partition coefficient (Wildman–Crippen LogP) is 2.77. The number of aliphatic hydroxyl groups excluding tert-OH is 1. The van der Waals surface area contributed by atoms with Gasteiger partial charge < -0.3 is 15.2 Å². The van der Waals surface area contributed by atoms with E-state index in [4.69, 9.17) is 16.3 Å². The molecule has 4 heteroatoms. The number of aliphatic hydroxyl groups is 1. The van der Waals surface area contributed by atoms with Crippen molar-refractivity contribution in [2.45, 2.75) is 32.9 Å². The Morgan fingerprint density at radius 3 is 2.59 bits per heavy atom. The summed E-state index contributed by atoms with van der Waals surface area (Å²) in [5.41, 5.74) is 0.967. The van der Waals surface area contributed by atoms with Crippen LogP contribution in [0.3, 0.4) is 0 Å². The molecule has 3 nitrogen and oxygen atoms in total. The average molecular weight is 258 g/mol. The summed E-state index contributed by atoms with van der Waals surface area (Å²) in [5.74, 6) is 0.680. The lowest BCUT2D eigenvalue weighted by Gasteiger charge is -2.20. The van der Waals surface area contributed by atoms with Gasteiger partial charge >= 0.3 is 0 Å². The maximum absolute atomic E-state index is 9.36. The minimum atomic E-state index is -0.0943. The van der Waals surface area contributed by atoms with Crippen molar-refractivity contribution in [2.24, 2.45) is 0 Å². The molecule has 0 aliphatic heterocycles. The molecule has 1 rings (SSSR count). The van der Waals surface area contributed by atoms with Gasteiger partial charge in [0.1, 0.15) is 5.75 Å². The lowest BCUT2D eigenvalue weighted by atomic mass is 10.1. The van der Waals surface area contributed by atoms with Gasteiger partial charge in [-0.2, -0.15) is 0 Å². The molecule has 0 heterocycles. The Balaban J connectivity index is 2.86. The van der Waals surface area contributed by atoms with Crippen molar-refractivity contribution in [3.05, 3.63) is 28.8 Å². The fourth-order valence-corrected chi connectivity index (χ4v) is 1.91. The zero-order valence-corrected chi connectivity index (χ0v) is 11.3. The van der Waals surface area contributed by atoms with Crippen molar-refractivity contribution in [2.75, 3.05) is 13.2 Å².